The van der Waals surface area contributed by atoms with E-state index in [-0.39, 0.29) is 5.60 Å². The number of nitrogens with zero attached hydrogens (tertiary/aromatic N) is 1. The predicted molar refractivity (Wildman–Crippen MR) is 150 cm³/mol. The summed E-state index contributed by atoms with van der Waals surface area (Å²) in [6.07, 6.45) is 5.78. The quantitative estimate of drug-likeness (QED) is 0.183. The maximum absolute atomic E-state index is 6.01. The number of ether oxygens (including phenoxy) is 3. The van der Waals surface area contributed by atoms with Crippen LogP contribution in [0.1, 0.15) is 39.0 Å². The van der Waals surface area contributed by atoms with Gasteiger partial charge in [-0.1, -0.05) is 51.1 Å². The van der Waals surface area contributed by atoms with Crippen LogP contribution in [0.2, 0.25) is 0 Å². The second kappa shape index (κ2) is 12.9. The third-order valence-corrected chi connectivity index (χ3v) is 7.14. The first kappa shape index (κ1) is 26.2. The van der Waals surface area contributed by atoms with Crippen molar-refractivity contribution in [3.8, 4) is 5.75 Å². The highest BCUT2D eigenvalue weighted by Crippen LogP contribution is 2.36. The molecule has 0 aliphatic carbocycles. The van der Waals surface area contributed by atoms with E-state index in [1.54, 1.807) is 0 Å². The molecular formula is C29H33Br2NO3. The standard InChI is InChI=1S/C29H33Br2NO3/c1-29(21-33-22-29)35-20-6-4-2-3-5-19-34-28-17-15-27(16-18-28)32(25-11-7-23(30)8-12-25)26-13-9-24(31)10-14-26/h7-18H,2-6,19-22H2,1H3. The minimum absolute atomic E-state index is 0.0308. The average molecular weight is 603 g/mol. The Morgan fingerprint density at radius 3 is 1.63 bits per heavy atom. The lowest BCUT2D eigenvalue weighted by molar-refractivity contribution is -0.199. The summed E-state index contributed by atoms with van der Waals surface area (Å²) >= 11 is 7.08. The van der Waals surface area contributed by atoms with Gasteiger partial charge in [0.25, 0.3) is 0 Å². The van der Waals surface area contributed by atoms with Gasteiger partial charge in [-0.25, -0.2) is 0 Å². The normalized spacial score (nSPS) is 14.4. The Bertz CT molecular complexity index is 990. The summed E-state index contributed by atoms with van der Waals surface area (Å²) in [5.41, 5.74) is 3.26. The van der Waals surface area contributed by atoms with Crippen molar-refractivity contribution in [3.63, 3.8) is 0 Å². The molecule has 0 amide bonds. The van der Waals surface area contributed by atoms with Gasteiger partial charge in [0.05, 0.1) is 19.8 Å². The molecule has 6 heteroatoms. The molecule has 0 N–H and O–H groups in total. The third-order valence-electron chi connectivity index (χ3n) is 6.09. The van der Waals surface area contributed by atoms with E-state index in [1.807, 2.05) is 0 Å². The molecule has 3 aromatic carbocycles. The fraction of sp³-hybridized carbons (Fsp3) is 0.379. The average Bonchev–Trinajstić information content (AvgIpc) is 2.85. The third kappa shape index (κ3) is 7.81. The van der Waals surface area contributed by atoms with Crippen molar-refractivity contribution in [1.29, 1.82) is 0 Å². The molecule has 0 saturated carbocycles. The van der Waals surface area contributed by atoms with Crippen molar-refractivity contribution in [3.05, 3.63) is 81.7 Å². The molecule has 4 nitrogen and oxygen atoms in total. The Morgan fingerprint density at radius 2 is 1.14 bits per heavy atom. The number of benzene rings is 3. The number of hydrogen-bond donors (Lipinski definition) is 0. The van der Waals surface area contributed by atoms with E-state index in [0.717, 1.165) is 71.0 Å². The molecule has 186 valence electrons. The number of hydrogen-bond acceptors (Lipinski definition) is 4. The summed E-state index contributed by atoms with van der Waals surface area (Å²) in [6, 6.07) is 25.1. The van der Waals surface area contributed by atoms with E-state index in [4.69, 9.17) is 14.2 Å². The van der Waals surface area contributed by atoms with Crippen LogP contribution in [-0.2, 0) is 9.47 Å². The Balaban J connectivity index is 1.24. The largest absolute Gasteiger partial charge is 0.494 e. The topological polar surface area (TPSA) is 30.9 Å². The van der Waals surface area contributed by atoms with Crippen LogP contribution < -0.4 is 9.64 Å². The lowest BCUT2D eigenvalue weighted by atomic mass is 10.1. The molecule has 35 heavy (non-hydrogen) atoms. The molecule has 0 unspecified atom stereocenters. The first-order chi connectivity index (χ1) is 17.0. The van der Waals surface area contributed by atoms with Crippen molar-refractivity contribution in [2.45, 2.75) is 44.6 Å². The summed E-state index contributed by atoms with van der Waals surface area (Å²) in [5, 5.41) is 0. The fourth-order valence-corrected chi connectivity index (χ4v) is 4.56. The summed E-state index contributed by atoms with van der Waals surface area (Å²) < 4.78 is 19.2. The van der Waals surface area contributed by atoms with Crippen LogP contribution in [0.15, 0.2) is 81.7 Å². The fourth-order valence-electron chi connectivity index (χ4n) is 4.03. The van der Waals surface area contributed by atoms with Crippen LogP contribution in [-0.4, -0.2) is 32.0 Å². The number of unbranched alkanes of at least 4 members (excludes halogenated alkanes) is 4. The van der Waals surface area contributed by atoms with Crippen LogP contribution in [0.5, 0.6) is 5.75 Å². The highest BCUT2D eigenvalue weighted by molar-refractivity contribution is 9.10. The van der Waals surface area contributed by atoms with Crippen molar-refractivity contribution in [2.75, 3.05) is 31.3 Å². The van der Waals surface area contributed by atoms with Crippen molar-refractivity contribution < 1.29 is 14.2 Å². The zero-order valence-electron chi connectivity index (χ0n) is 20.2. The molecule has 0 radical (unpaired) electrons. The van der Waals surface area contributed by atoms with Crippen molar-refractivity contribution in [1.82, 2.24) is 0 Å². The lowest BCUT2D eigenvalue weighted by Crippen LogP contribution is -2.49. The summed E-state index contributed by atoms with van der Waals surface area (Å²) in [6.45, 7) is 5.17. The lowest BCUT2D eigenvalue weighted by Gasteiger charge is -2.37. The van der Waals surface area contributed by atoms with Crippen LogP contribution in [0.3, 0.4) is 0 Å². The van der Waals surface area contributed by atoms with Gasteiger partial charge in [0.2, 0.25) is 0 Å². The van der Waals surface area contributed by atoms with E-state index in [1.165, 1.54) is 19.3 Å². The van der Waals surface area contributed by atoms with Crippen LogP contribution in [0, 0.1) is 0 Å². The molecule has 3 aromatic rings. The summed E-state index contributed by atoms with van der Waals surface area (Å²) in [4.78, 5) is 2.24. The second-order valence-electron chi connectivity index (χ2n) is 9.19. The maximum atomic E-state index is 6.01. The van der Waals surface area contributed by atoms with Gasteiger partial charge in [0.15, 0.2) is 0 Å². The number of halogens is 2. The minimum atomic E-state index is -0.0308. The summed E-state index contributed by atoms with van der Waals surface area (Å²) in [5.74, 6) is 0.907. The molecule has 1 heterocycles. The Hall–Kier alpha value is -1.86. The monoisotopic (exact) mass is 601 g/mol. The van der Waals surface area contributed by atoms with Gasteiger partial charge in [0, 0.05) is 32.6 Å². The van der Waals surface area contributed by atoms with Crippen LogP contribution in [0.4, 0.5) is 17.1 Å². The van der Waals surface area contributed by atoms with Crippen molar-refractivity contribution >= 4 is 48.9 Å². The maximum Gasteiger partial charge on any atom is 0.119 e. The van der Waals surface area contributed by atoms with E-state index in [0.29, 0.717) is 0 Å². The SMILES string of the molecule is CC1(OCCCCCCCOc2ccc(N(c3ccc(Br)cc3)c3ccc(Br)cc3)cc2)COC1. The molecule has 0 bridgehead atoms. The second-order valence-corrected chi connectivity index (χ2v) is 11.0. The predicted octanol–water partition coefficient (Wildman–Crippen LogP) is 8.82. The van der Waals surface area contributed by atoms with Gasteiger partial charge < -0.3 is 19.1 Å². The van der Waals surface area contributed by atoms with Gasteiger partial charge >= 0.3 is 0 Å². The van der Waals surface area contributed by atoms with Crippen molar-refractivity contribution in [2.24, 2.45) is 0 Å². The molecule has 1 aliphatic heterocycles. The zero-order chi connectivity index (χ0) is 24.5. The van der Waals surface area contributed by atoms with E-state index < -0.39 is 0 Å². The first-order valence-corrected chi connectivity index (χ1v) is 13.9. The molecule has 1 fully saturated rings. The van der Waals surface area contributed by atoms with Crippen LogP contribution in [0.25, 0.3) is 0 Å². The molecule has 0 atom stereocenters. The Kier molecular flexibility index (Phi) is 9.67. The zero-order valence-corrected chi connectivity index (χ0v) is 23.4. The van der Waals surface area contributed by atoms with Gasteiger partial charge in [0.1, 0.15) is 11.4 Å². The van der Waals surface area contributed by atoms with Gasteiger partial charge in [-0.2, -0.15) is 0 Å². The first-order valence-electron chi connectivity index (χ1n) is 12.3. The highest BCUT2D eigenvalue weighted by atomic mass is 79.9. The van der Waals surface area contributed by atoms with E-state index in [2.05, 4.69) is 116 Å². The van der Waals surface area contributed by atoms with Gasteiger partial charge in [-0.15, -0.1) is 0 Å². The number of rotatable bonds is 13. The highest BCUT2D eigenvalue weighted by Gasteiger charge is 2.33. The molecule has 4 rings (SSSR count). The molecule has 1 saturated heterocycles. The molecular weight excluding hydrogens is 570 g/mol. The van der Waals surface area contributed by atoms with E-state index >= 15 is 0 Å². The smallest absolute Gasteiger partial charge is 0.119 e. The van der Waals surface area contributed by atoms with Gasteiger partial charge in [-0.05, 0) is 92.6 Å². The van der Waals surface area contributed by atoms with Gasteiger partial charge in [-0.3, -0.25) is 0 Å². The molecule has 1 aliphatic rings. The summed E-state index contributed by atoms with van der Waals surface area (Å²) in [7, 11) is 0. The Morgan fingerprint density at radius 1 is 0.686 bits per heavy atom. The Labute approximate surface area is 225 Å². The molecule has 0 aromatic heterocycles. The molecule has 0 spiro atoms. The number of anilines is 3. The van der Waals surface area contributed by atoms with Crippen LogP contribution >= 0.6 is 31.9 Å². The minimum Gasteiger partial charge on any atom is -0.494 e. The van der Waals surface area contributed by atoms with E-state index in [9.17, 15) is 0 Å².